The molecule has 1 heterocycles. The summed E-state index contributed by atoms with van der Waals surface area (Å²) >= 11 is 0. The van der Waals surface area contributed by atoms with Gasteiger partial charge in [-0.1, -0.05) is 36.4 Å². The Morgan fingerprint density at radius 2 is 2.08 bits per heavy atom. The van der Waals surface area contributed by atoms with Gasteiger partial charge in [-0.25, -0.2) is 13.2 Å². The summed E-state index contributed by atoms with van der Waals surface area (Å²) in [6, 6.07) is 8.73. The molecular formula is C18H25FN2O3S. The lowest BCUT2D eigenvalue weighted by molar-refractivity contribution is 0.116. The van der Waals surface area contributed by atoms with Gasteiger partial charge in [0.05, 0.1) is 12.7 Å². The van der Waals surface area contributed by atoms with E-state index in [1.54, 1.807) is 11.8 Å². The number of amides is 2. The second-order valence-corrected chi connectivity index (χ2v) is 8.49. The minimum absolute atomic E-state index is 0.0446. The fourth-order valence-electron chi connectivity index (χ4n) is 3.00. The van der Waals surface area contributed by atoms with Gasteiger partial charge in [-0.15, -0.1) is 0 Å². The topological polar surface area (TPSA) is 66.5 Å². The zero-order valence-corrected chi connectivity index (χ0v) is 15.4. The molecule has 7 heteroatoms. The van der Waals surface area contributed by atoms with E-state index in [0.29, 0.717) is 19.4 Å². The van der Waals surface area contributed by atoms with Gasteiger partial charge in [-0.3, -0.25) is 4.39 Å². The fraction of sp³-hybridized carbons (Fsp3) is 0.500. The van der Waals surface area contributed by atoms with E-state index in [0.717, 1.165) is 17.2 Å². The standard InChI is InChI=1S/C18H25FN2O3S/c1-14(9-11-25(2,23)24)20-18(22)21-10-8-15(13-19)12-17(21)16-6-4-3-5-7-16/h3-7,9,11,14-15,17H,8,10,12-13H2,1-2H3,(H,20,22)/b11-9+/t14?,15-,17+/m1/s1. The van der Waals surface area contributed by atoms with Crippen LogP contribution in [0.25, 0.3) is 0 Å². The van der Waals surface area contributed by atoms with Gasteiger partial charge in [0.15, 0.2) is 9.84 Å². The monoisotopic (exact) mass is 368 g/mol. The van der Waals surface area contributed by atoms with Crippen LogP contribution in [0.1, 0.15) is 31.4 Å². The fourth-order valence-corrected chi connectivity index (χ4v) is 3.52. The van der Waals surface area contributed by atoms with Crippen molar-refractivity contribution in [3.05, 3.63) is 47.4 Å². The molecule has 0 spiro atoms. The maximum Gasteiger partial charge on any atom is 0.318 e. The van der Waals surface area contributed by atoms with Crippen LogP contribution < -0.4 is 5.32 Å². The number of sulfone groups is 1. The number of benzene rings is 1. The number of urea groups is 1. The second-order valence-electron chi connectivity index (χ2n) is 6.56. The molecule has 1 aromatic carbocycles. The van der Waals surface area contributed by atoms with Crippen LogP contribution in [0.3, 0.4) is 0 Å². The van der Waals surface area contributed by atoms with E-state index in [-0.39, 0.29) is 24.7 Å². The zero-order valence-electron chi connectivity index (χ0n) is 14.6. The number of alkyl halides is 1. The Labute approximate surface area is 148 Å². The first kappa shape index (κ1) is 19.4. The van der Waals surface area contributed by atoms with E-state index in [9.17, 15) is 17.6 Å². The van der Waals surface area contributed by atoms with Gasteiger partial charge in [-0.05, 0) is 31.2 Å². The van der Waals surface area contributed by atoms with Crippen molar-refractivity contribution in [2.75, 3.05) is 19.5 Å². The number of nitrogens with one attached hydrogen (secondary N) is 1. The van der Waals surface area contributed by atoms with Crippen molar-refractivity contribution in [3.63, 3.8) is 0 Å². The van der Waals surface area contributed by atoms with Crippen LogP contribution in [0.5, 0.6) is 0 Å². The third-order valence-electron chi connectivity index (χ3n) is 4.34. The van der Waals surface area contributed by atoms with Crippen molar-refractivity contribution in [2.45, 2.75) is 31.8 Å². The van der Waals surface area contributed by atoms with Gasteiger partial charge in [0, 0.05) is 24.3 Å². The van der Waals surface area contributed by atoms with E-state index in [4.69, 9.17) is 0 Å². The van der Waals surface area contributed by atoms with Crippen LogP contribution in [0.4, 0.5) is 9.18 Å². The first-order valence-electron chi connectivity index (χ1n) is 8.36. The number of carbonyl (C=O) groups excluding carboxylic acids is 1. The van der Waals surface area contributed by atoms with E-state index in [1.807, 2.05) is 30.3 Å². The lowest BCUT2D eigenvalue weighted by atomic mass is 9.88. The summed E-state index contributed by atoms with van der Waals surface area (Å²) in [5.74, 6) is -0.0446. The summed E-state index contributed by atoms with van der Waals surface area (Å²) in [6.07, 6.45) is 3.76. The minimum Gasteiger partial charge on any atom is -0.332 e. The molecule has 1 unspecified atom stereocenters. The molecule has 1 aromatic rings. The van der Waals surface area contributed by atoms with Crippen LogP contribution >= 0.6 is 0 Å². The summed E-state index contributed by atoms with van der Waals surface area (Å²) in [5, 5.41) is 3.88. The SMILES string of the molecule is CC(/C=C/S(C)(=O)=O)NC(=O)N1CC[C@@H](CF)C[C@H]1c1ccccc1. The van der Waals surface area contributed by atoms with Crippen LogP contribution in [0.15, 0.2) is 41.8 Å². The molecule has 5 nitrogen and oxygen atoms in total. The van der Waals surface area contributed by atoms with E-state index in [2.05, 4.69) is 5.32 Å². The average Bonchev–Trinajstić information content (AvgIpc) is 2.59. The number of carbonyl (C=O) groups is 1. The van der Waals surface area contributed by atoms with Crippen molar-refractivity contribution in [1.29, 1.82) is 0 Å². The number of piperidine rings is 1. The Kier molecular flexibility index (Phi) is 6.58. The molecule has 3 atom stereocenters. The van der Waals surface area contributed by atoms with E-state index >= 15 is 0 Å². The highest BCUT2D eigenvalue weighted by Crippen LogP contribution is 2.34. The Morgan fingerprint density at radius 3 is 2.68 bits per heavy atom. The number of nitrogens with zero attached hydrogens (tertiary/aromatic N) is 1. The molecule has 1 N–H and O–H groups in total. The van der Waals surface area contributed by atoms with Gasteiger partial charge in [-0.2, -0.15) is 0 Å². The van der Waals surface area contributed by atoms with Crippen LogP contribution in [-0.2, 0) is 9.84 Å². The summed E-state index contributed by atoms with van der Waals surface area (Å²) in [6.45, 7) is 1.81. The molecule has 25 heavy (non-hydrogen) atoms. The van der Waals surface area contributed by atoms with E-state index < -0.39 is 15.9 Å². The highest BCUT2D eigenvalue weighted by molar-refractivity contribution is 7.93. The molecule has 1 aliphatic rings. The number of rotatable bonds is 5. The Hall–Kier alpha value is -1.89. The number of halogens is 1. The lowest BCUT2D eigenvalue weighted by Gasteiger charge is -2.39. The molecule has 0 aromatic heterocycles. The summed E-state index contributed by atoms with van der Waals surface area (Å²) in [7, 11) is -3.23. The maximum absolute atomic E-state index is 13.1. The van der Waals surface area contributed by atoms with Crippen molar-refractivity contribution in [2.24, 2.45) is 5.92 Å². The number of hydrogen-bond donors (Lipinski definition) is 1. The molecule has 0 saturated carbocycles. The molecule has 0 radical (unpaired) electrons. The molecule has 1 saturated heterocycles. The summed E-state index contributed by atoms with van der Waals surface area (Å²) in [4.78, 5) is 14.4. The van der Waals surface area contributed by atoms with Gasteiger partial charge < -0.3 is 10.2 Å². The molecular weight excluding hydrogens is 343 g/mol. The Balaban J connectivity index is 2.11. The third kappa shape index (κ3) is 5.85. The quantitative estimate of drug-likeness (QED) is 0.869. The summed E-state index contributed by atoms with van der Waals surface area (Å²) in [5.41, 5.74) is 0.982. The molecule has 2 amide bonds. The largest absolute Gasteiger partial charge is 0.332 e. The molecule has 138 valence electrons. The second kappa shape index (κ2) is 8.47. The van der Waals surface area contributed by atoms with Crippen molar-refractivity contribution in [3.8, 4) is 0 Å². The van der Waals surface area contributed by atoms with Gasteiger partial charge in [0.2, 0.25) is 0 Å². The molecule has 0 aliphatic carbocycles. The van der Waals surface area contributed by atoms with Crippen LogP contribution in [0, 0.1) is 5.92 Å². The van der Waals surface area contributed by atoms with E-state index in [1.165, 1.54) is 6.08 Å². The van der Waals surface area contributed by atoms with Gasteiger partial charge in [0.25, 0.3) is 0 Å². The Morgan fingerprint density at radius 1 is 1.40 bits per heavy atom. The number of likely N-dealkylation sites (tertiary alicyclic amines) is 1. The smallest absolute Gasteiger partial charge is 0.318 e. The van der Waals surface area contributed by atoms with Gasteiger partial charge in [0.1, 0.15) is 0 Å². The highest BCUT2D eigenvalue weighted by Gasteiger charge is 2.32. The first-order valence-corrected chi connectivity index (χ1v) is 10.3. The third-order valence-corrected chi connectivity index (χ3v) is 4.99. The highest BCUT2D eigenvalue weighted by atomic mass is 32.2. The lowest BCUT2D eigenvalue weighted by Crippen LogP contribution is -2.48. The zero-order chi connectivity index (χ0) is 18.4. The maximum atomic E-state index is 13.1. The summed E-state index contributed by atoms with van der Waals surface area (Å²) < 4.78 is 35.5. The van der Waals surface area contributed by atoms with Crippen molar-refractivity contribution in [1.82, 2.24) is 10.2 Å². The number of hydrogen-bond acceptors (Lipinski definition) is 3. The van der Waals surface area contributed by atoms with Crippen molar-refractivity contribution >= 4 is 15.9 Å². The normalized spacial score (nSPS) is 22.8. The van der Waals surface area contributed by atoms with Crippen LogP contribution in [0.2, 0.25) is 0 Å². The Bertz CT molecular complexity index is 706. The average molecular weight is 368 g/mol. The molecule has 1 aliphatic heterocycles. The molecule has 2 rings (SSSR count). The first-order chi connectivity index (χ1) is 11.8. The van der Waals surface area contributed by atoms with Gasteiger partial charge >= 0.3 is 6.03 Å². The molecule has 1 fully saturated rings. The predicted molar refractivity (Wildman–Crippen MR) is 96.6 cm³/mol. The van der Waals surface area contributed by atoms with Crippen molar-refractivity contribution < 1.29 is 17.6 Å². The predicted octanol–water partition coefficient (Wildman–Crippen LogP) is 3.07. The molecule has 0 bridgehead atoms. The minimum atomic E-state index is -3.23. The van der Waals surface area contributed by atoms with Crippen LogP contribution in [-0.4, -0.2) is 44.9 Å².